The molecule has 20 heavy (non-hydrogen) atoms. The molecule has 0 saturated carbocycles. The highest BCUT2D eigenvalue weighted by Gasteiger charge is 2.21. The second-order valence-corrected chi connectivity index (χ2v) is 6.38. The Morgan fingerprint density at radius 1 is 1.20 bits per heavy atom. The van der Waals surface area contributed by atoms with Crippen molar-refractivity contribution in [3.63, 3.8) is 0 Å². The maximum atomic E-state index is 12.2. The molecule has 0 aliphatic carbocycles. The van der Waals surface area contributed by atoms with Crippen LogP contribution in [0.4, 0.5) is 0 Å². The van der Waals surface area contributed by atoms with Crippen molar-refractivity contribution >= 4 is 7.60 Å². The summed E-state index contributed by atoms with van der Waals surface area (Å²) in [5.74, 6) is 1.14. The first-order valence-electron chi connectivity index (χ1n) is 7.17. The van der Waals surface area contributed by atoms with E-state index in [4.69, 9.17) is 9.05 Å². The summed E-state index contributed by atoms with van der Waals surface area (Å²) in [5, 5.41) is 10.7. The van der Waals surface area contributed by atoms with Gasteiger partial charge in [-0.15, -0.1) is 0 Å². The maximum absolute atomic E-state index is 12.2. The lowest BCUT2D eigenvalue weighted by Gasteiger charge is -2.14. The molecule has 6 nitrogen and oxygen atoms in total. The van der Waals surface area contributed by atoms with E-state index in [1.807, 2.05) is 0 Å². The molecule has 0 amide bonds. The number of nitrogens with zero attached hydrogens (tertiary/aromatic N) is 1. The largest absolute Gasteiger partial charge is 0.353 e. The average Bonchev–Trinajstić information content (AvgIpc) is 2.36. The van der Waals surface area contributed by atoms with Crippen LogP contribution in [-0.2, 0) is 13.6 Å². The highest BCUT2D eigenvalue weighted by atomic mass is 31.2. The zero-order valence-corrected chi connectivity index (χ0v) is 13.5. The Morgan fingerprint density at radius 3 is 2.25 bits per heavy atom. The highest BCUT2D eigenvalue weighted by Crippen LogP contribution is 2.49. The van der Waals surface area contributed by atoms with Crippen LogP contribution in [0, 0.1) is 16.0 Å². The molecule has 0 aromatic heterocycles. The third-order valence-electron chi connectivity index (χ3n) is 2.72. The van der Waals surface area contributed by atoms with Gasteiger partial charge in [0.05, 0.1) is 13.2 Å². The summed E-state index contributed by atoms with van der Waals surface area (Å²) in [6, 6.07) is 0. The molecule has 0 radical (unpaired) electrons. The van der Waals surface area contributed by atoms with E-state index in [2.05, 4.69) is 6.92 Å². The van der Waals surface area contributed by atoms with Gasteiger partial charge in [0.1, 0.15) is 0 Å². The monoisotopic (exact) mass is 307 g/mol. The SMILES string of the molecule is CCCCC[C@@H](/C=C/P(=O)(OCC)OCC)C[N+](=O)[O-]. The van der Waals surface area contributed by atoms with Crippen molar-refractivity contribution in [3.8, 4) is 0 Å². The fourth-order valence-electron chi connectivity index (χ4n) is 1.81. The van der Waals surface area contributed by atoms with Crippen molar-refractivity contribution in [2.24, 2.45) is 5.92 Å². The molecule has 0 aliphatic heterocycles. The first-order chi connectivity index (χ1) is 9.47. The minimum atomic E-state index is -3.26. The molecule has 1 atom stereocenters. The maximum Gasteiger partial charge on any atom is 0.353 e. The summed E-state index contributed by atoms with van der Waals surface area (Å²) in [6.07, 6.45) is 5.35. The molecule has 0 spiro atoms. The van der Waals surface area contributed by atoms with Gasteiger partial charge in [0.25, 0.3) is 0 Å². The molecule has 0 bridgehead atoms. The molecule has 0 fully saturated rings. The number of hydrogen-bond acceptors (Lipinski definition) is 5. The van der Waals surface area contributed by atoms with Crippen molar-refractivity contribution in [2.75, 3.05) is 19.8 Å². The minimum absolute atomic E-state index is 0.154. The third kappa shape index (κ3) is 9.23. The first kappa shape index (κ1) is 19.3. The molecule has 0 aromatic carbocycles. The normalized spacial score (nSPS) is 13.8. The predicted octanol–water partition coefficient (Wildman–Crippen LogP) is 4.24. The summed E-state index contributed by atoms with van der Waals surface area (Å²) in [6.45, 7) is 5.94. The van der Waals surface area contributed by atoms with Crippen molar-refractivity contribution in [3.05, 3.63) is 22.0 Å². The Morgan fingerprint density at radius 2 is 1.80 bits per heavy atom. The molecule has 0 unspecified atom stereocenters. The molecule has 0 rings (SSSR count). The Balaban J connectivity index is 4.68. The van der Waals surface area contributed by atoms with Gasteiger partial charge in [0, 0.05) is 16.7 Å². The summed E-state index contributed by atoms with van der Waals surface area (Å²) in [7, 11) is -3.26. The molecule has 7 heteroatoms. The summed E-state index contributed by atoms with van der Waals surface area (Å²) < 4.78 is 22.5. The standard InChI is InChI=1S/C13H26NO5P/c1-4-7-8-9-13(12-14(15)16)10-11-20(17,18-5-2)19-6-3/h10-11,13H,4-9,12H2,1-3H3/b11-10+/t13-/m0/s1. The lowest BCUT2D eigenvalue weighted by Crippen LogP contribution is -2.12. The number of nitro groups is 1. The van der Waals surface area contributed by atoms with E-state index < -0.39 is 7.60 Å². The van der Waals surface area contributed by atoms with E-state index in [-0.39, 0.29) is 30.6 Å². The Hall–Kier alpha value is -0.710. The van der Waals surface area contributed by atoms with Crippen LogP contribution >= 0.6 is 7.60 Å². The van der Waals surface area contributed by atoms with Crippen LogP contribution in [0.5, 0.6) is 0 Å². The Labute approximate surface area is 121 Å². The van der Waals surface area contributed by atoms with Crippen LogP contribution in [0.15, 0.2) is 11.9 Å². The predicted molar refractivity (Wildman–Crippen MR) is 79.5 cm³/mol. The third-order valence-corrected chi connectivity index (χ3v) is 4.49. The van der Waals surface area contributed by atoms with Crippen molar-refractivity contribution in [1.82, 2.24) is 0 Å². The summed E-state index contributed by atoms with van der Waals surface area (Å²) in [5.41, 5.74) is 0. The van der Waals surface area contributed by atoms with Gasteiger partial charge >= 0.3 is 7.60 Å². The molecular formula is C13H26NO5P. The van der Waals surface area contributed by atoms with Crippen molar-refractivity contribution in [2.45, 2.75) is 46.5 Å². The number of unbranched alkanes of at least 4 members (excludes halogenated alkanes) is 2. The van der Waals surface area contributed by atoms with Crippen LogP contribution in [0.1, 0.15) is 46.5 Å². The topological polar surface area (TPSA) is 78.7 Å². The summed E-state index contributed by atoms with van der Waals surface area (Å²) >= 11 is 0. The number of rotatable bonds is 12. The smallest absolute Gasteiger partial charge is 0.306 e. The van der Waals surface area contributed by atoms with E-state index in [9.17, 15) is 14.7 Å². The first-order valence-corrected chi connectivity index (χ1v) is 8.78. The van der Waals surface area contributed by atoms with Crippen LogP contribution in [0.3, 0.4) is 0 Å². The van der Waals surface area contributed by atoms with Gasteiger partial charge in [-0.05, 0) is 20.3 Å². The zero-order chi connectivity index (χ0) is 15.4. The van der Waals surface area contributed by atoms with Gasteiger partial charge in [0.2, 0.25) is 6.54 Å². The van der Waals surface area contributed by atoms with Crippen molar-refractivity contribution < 1.29 is 18.5 Å². The van der Waals surface area contributed by atoms with Crippen LogP contribution in [0.2, 0.25) is 0 Å². The van der Waals surface area contributed by atoms with Gasteiger partial charge in [-0.2, -0.15) is 0 Å². The lowest BCUT2D eigenvalue weighted by atomic mass is 10.0. The van der Waals surface area contributed by atoms with Crippen LogP contribution < -0.4 is 0 Å². The van der Waals surface area contributed by atoms with E-state index in [1.165, 1.54) is 5.82 Å². The highest BCUT2D eigenvalue weighted by molar-refractivity contribution is 7.57. The quantitative estimate of drug-likeness (QED) is 0.233. The average molecular weight is 307 g/mol. The van der Waals surface area contributed by atoms with Gasteiger partial charge in [-0.1, -0.05) is 32.3 Å². The van der Waals surface area contributed by atoms with Crippen LogP contribution in [-0.4, -0.2) is 24.7 Å². The van der Waals surface area contributed by atoms with E-state index in [0.717, 1.165) is 19.3 Å². The molecule has 0 saturated heterocycles. The lowest BCUT2D eigenvalue weighted by molar-refractivity contribution is -0.486. The fourth-order valence-corrected chi connectivity index (χ4v) is 3.23. The zero-order valence-electron chi connectivity index (χ0n) is 12.6. The van der Waals surface area contributed by atoms with Crippen molar-refractivity contribution in [1.29, 1.82) is 0 Å². The molecule has 0 aromatic rings. The second kappa shape index (κ2) is 11.0. The number of hydrogen-bond donors (Lipinski definition) is 0. The molecule has 0 aliphatic rings. The van der Waals surface area contributed by atoms with E-state index in [0.29, 0.717) is 6.42 Å². The van der Waals surface area contributed by atoms with Gasteiger partial charge in [-0.25, -0.2) is 0 Å². The minimum Gasteiger partial charge on any atom is -0.306 e. The molecule has 0 heterocycles. The molecule has 118 valence electrons. The Kier molecular flexibility index (Phi) is 10.6. The van der Waals surface area contributed by atoms with Gasteiger partial charge in [0.15, 0.2) is 0 Å². The van der Waals surface area contributed by atoms with Crippen LogP contribution in [0.25, 0.3) is 0 Å². The van der Waals surface area contributed by atoms with E-state index in [1.54, 1.807) is 19.9 Å². The fraction of sp³-hybridized carbons (Fsp3) is 0.846. The molecule has 0 N–H and O–H groups in total. The van der Waals surface area contributed by atoms with E-state index >= 15 is 0 Å². The van der Waals surface area contributed by atoms with Gasteiger partial charge in [-0.3, -0.25) is 14.7 Å². The second-order valence-electron chi connectivity index (χ2n) is 4.49. The molecular weight excluding hydrogens is 281 g/mol. The Bertz CT molecular complexity index is 336. The summed E-state index contributed by atoms with van der Waals surface area (Å²) in [4.78, 5) is 10.3. The van der Waals surface area contributed by atoms with Gasteiger partial charge < -0.3 is 9.05 Å².